The second-order valence-corrected chi connectivity index (χ2v) is 7.53. The van der Waals surface area contributed by atoms with Crippen LogP contribution >= 0.6 is 11.3 Å². The molecular formula is C15H26N2S. The lowest BCUT2D eigenvalue weighted by Crippen LogP contribution is -2.41. The van der Waals surface area contributed by atoms with E-state index in [1.807, 2.05) is 6.20 Å². The second-order valence-electron chi connectivity index (χ2n) is 6.61. The summed E-state index contributed by atoms with van der Waals surface area (Å²) in [7, 11) is 0. The minimum absolute atomic E-state index is 0.441. The van der Waals surface area contributed by atoms with Gasteiger partial charge in [-0.15, -0.1) is 11.3 Å². The number of nitrogens with one attached hydrogen (secondary N) is 1. The summed E-state index contributed by atoms with van der Waals surface area (Å²) in [6.45, 7) is 9.44. The molecule has 0 amide bonds. The molecule has 1 aliphatic carbocycles. The molecular weight excluding hydrogens is 240 g/mol. The average molecular weight is 266 g/mol. The van der Waals surface area contributed by atoms with Gasteiger partial charge < -0.3 is 5.32 Å². The predicted molar refractivity (Wildman–Crippen MR) is 78.9 cm³/mol. The minimum atomic E-state index is 0.441. The molecule has 1 aromatic heterocycles. The van der Waals surface area contributed by atoms with E-state index in [0.717, 1.165) is 12.3 Å². The standard InChI is InChI=1S/C15H26N2S/c1-5-13(14-16-6-7-18-14)17-12-8-11(2)9-15(3,4)10-12/h6-7,11-13,17H,5,8-10H2,1-4H3. The van der Waals surface area contributed by atoms with Crippen molar-refractivity contribution in [2.75, 3.05) is 0 Å². The highest BCUT2D eigenvalue weighted by atomic mass is 32.1. The number of thiazole rings is 1. The lowest BCUT2D eigenvalue weighted by atomic mass is 9.70. The van der Waals surface area contributed by atoms with E-state index in [2.05, 4.69) is 43.4 Å². The topological polar surface area (TPSA) is 24.9 Å². The average Bonchev–Trinajstić information content (AvgIpc) is 2.76. The van der Waals surface area contributed by atoms with Crippen molar-refractivity contribution in [3.63, 3.8) is 0 Å². The van der Waals surface area contributed by atoms with Crippen LogP contribution in [0, 0.1) is 11.3 Å². The fraction of sp³-hybridized carbons (Fsp3) is 0.800. The maximum atomic E-state index is 4.46. The Labute approximate surface area is 115 Å². The van der Waals surface area contributed by atoms with Crippen LogP contribution in [0.4, 0.5) is 0 Å². The molecule has 1 N–H and O–H groups in total. The van der Waals surface area contributed by atoms with Gasteiger partial charge in [-0.25, -0.2) is 4.98 Å². The highest BCUT2D eigenvalue weighted by Gasteiger charge is 2.33. The Bertz CT molecular complexity index is 359. The van der Waals surface area contributed by atoms with E-state index in [1.54, 1.807) is 11.3 Å². The second kappa shape index (κ2) is 5.70. The Morgan fingerprint density at radius 2 is 2.28 bits per heavy atom. The SMILES string of the molecule is CCC(NC1CC(C)CC(C)(C)C1)c1nccs1. The van der Waals surface area contributed by atoms with E-state index in [-0.39, 0.29) is 0 Å². The molecule has 1 aliphatic rings. The number of hydrogen-bond acceptors (Lipinski definition) is 3. The first-order valence-corrected chi connectivity index (χ1v) is 8.03. The molecule has 1 heterocycles. The van der Waals surface area contributed by atoms with Crippen molar-refractivity contribution >= 4 is 11.3 Å². The van der Waals surface area contributed by atoms with Crippen LogP contribution in [-0.2, 0) is 0 Å². The Morgan fingerprint density at radius 1 is 1.50 bits per heavy atom. The molecule has 0 saturated heterocycles. The molecule has 1 saturated carbocycles. The van der Waals surface area contributed by atoms with Crippen LogP contribution in [0.3, 0.4) is 0 Å². The summed E-state index contributed by atoms with van der Waals surface area (Å²) in [6.07, 6.45) is 7.00. The Balaban J connectivity index is 1.99. The zero-order valence-corrected chi connectivity index (χ0v) is 12.9. The van der Waals surface area contributed by atoms with Crippen LogP contribution in [0.25, 0.3) is 0 Å². The lowest BCUT2D eigenvalue weighted by Gasteiger charge is -2.40. The number of aromatic nitrogens is 1. The molecule has 0 spiro atoms. The van der Waals surface area contributed by atoms with E-state index in [9.17, 15) is 0 Å². The molecule has 0 bridgehead atoms. The third-order valence-corrected chi connectivity index (χ3v) is 4.87. The van der Waals surface area contributed by atoms with Gasteiger partial charge in [0.15, 0.2) is 0 Å². The predicted octanol–water partition coefficient (Wildman–Crippen LogP) is 4.40. The molecule has 3 unspecified atom stereocenters. The summed E-state index contributed by atoms with van der Waals surface area (Å²) in [5.74, 6) is 0.833. The van der Waals surface area contributed by atoms with Gasteiger partial charge in [-0.2, -0.15) is 0 Å². The normalized spacial score (nSPS) is 29.1. The van der Waals surface area contributed by atoms with Gasteiger partial charge in [0.1, 0.15) is 5.01 Å². The maximum absolute atomic E-state index is 4.46. The minimum Gasteiger partial charge on any atom is -0.305 e. The molecule has 0 aromatic carbocycles. The van der Waals surface area contributed by atoms with Gasteiger partial charge in [0.25, 0.3) is 0 Å². The van der Waals surface area contributed by atoms with Crippen molar-refractivity contribution in [2.24, 2.45) is 11.3 Å². The summed E-state index contributed by atoms with van der Waals surface area (Å²) >= 11 is 1.77. The fourth-order valence-electron chi connectivity index (χ4n) is 3.53. The first kappa shape index (κ1) is 14.0. The van der Waals surface area contributed by atoms with Gasteiger partial charge in [0.2, 0.25) is 0 Å². The van der Waals surface area contributed by atoms with Crippen molar-refractivity contribution in [2.45, 2.75) is 65.5 Å². The van der Waals surface area contributed by atoms with Crippen LogP contribution in [0.5, 0.6) is 0 Å². The van der Waals surface area contributed by atoms with Crippen LogP contribution in [-0.4, -0.2) is 11.0 Å². The van der Waals surface area contributed by atoms with Crippen LogP contribution in [0.1, 0.15) is 64.4 Å². The van der Waals surface area contributed by atoms with E-state index >= 15 is 0 Å². The Kier molecular flexibility index (Phi) is 4.44. The molecule has 0 aliphatic heterocycles. The van der Waals surface area contributed by atoms with Gasteiger partial charge in [-0.3, -0.25) is 0 Å². The molecule has 18 heavy (non-hydrogen) atoms. The quantitative estimate of drug-likeness (QED) is 0.873. The van der Waals surface area contributed by atoms with E-state index in [4.69, 9.17) is 0 Å². The molecule has 0 radical (unpaired) electrons. The smallest absolute Gasteiger partial charge is 0.109 e. The molecule has 102 valence electrons. The monoisotopic (exact) mass is 266 g/mol. The van der Waals surface area contributed by atoms with Crippen molar-refractivity contribution in [3.8, 4) is 0 Å². The summed E-state index contributed by atoms with van der Waals surface area (Å²) in [4.78, 5) is 4.46. The van der Waals surface area contributed by atoms with Crippen molar-refractivity contribution < 1.29 is 0 Å². The van der Waals surface area contributed by atoms with Crippen LogP contribution in [0.15, 0.2) is 11.6 Å². The van der Waals surface area contributed by atoms with Crippen LogP contribution < -0.4 is 5.32 Å². The van der Waals surface area contributed by atoms with Crippen molar-refractivity contribution in [3.05, 3.63) is 16.6 Å². The van der Waals surface area contributed by atoms with E-state index in [0.29, 0.717) is 17.5 Å². The third-order valence-electron chi connectivity index (χ3n) is 3.98. The summed E-state index contributed by atoms with van der Waals surface area (Å²) in [5, 5.41) is 7.16. The van der Waals surface area contributed by atoms with Crippen molar-refractivity contribution in [1.29, 1.82) is 0 Å². The lowest BCUT2D eigenvalue weighted by molar-refractivity contribution is 0.143. The summed E-state index contributed by atoms with van der Waals surface area (Å²) < 4.78 is 0. The third kappa shape index (κ3) is 3.55. The Morgan fingerprint density at radius 3 is 2.83 bits per heavy atom. The maximum Gasteiger partial charge on any atom is 0.109 e. The number of hydrogen-bond donors (Lipinski definition) is 1. The largest absolute Gasteiger partial charge is 0.305 e. The molecule has 3 atom stereocenters. The molecule has 2 nitrogen and oxygen atoms in total. The first-order chi connectivity index (χ1) is 8.50. The zero-order valence-electron chi connectivity index (χ0n) is 12.1. The summed E-state index contributed by atoms with van der Waals surface area (Å²) in [6, 6.07) is 1.09. The highest BCUT2D eigenvalue weighted by molar-refractivity contribution is 7.09. The molecule has 1 fully saturated rings. The highest BCUT2D eigenvalue weighted by Crippen LogP contribution is 2.39. The van der Waals surface area contributed by atoms with Gasteiger partial charge in [0, 0.05) is 17.6 Å². The van der Waals surface area contributed by atoms with Crippen molar-refractivity contribution in [1.82, 2.24) is 10.3 Å². The van der Waals surface area contributed by atoms with Crippen LogP contribution in [0.2, 0.25) is 0 Å². The molecule has 1 aromatic rings. The number of nitrogens with zero attached hydrogens (tertiary/aromatic N) is 1. The van der Waals surface area contributed by atoms with Gasteiger partial charge in [-0.1, -0.05) is 27.7 Å². The van der Waals surface area contributed by atoms with Gasteiger partial charge in [-0.05, 0) is 37.0 Å². The molecule has 3 heteroatoms. The van der Waals surface area contributed by atoms with E-state index < -0.39 is 0 Å². The fourth-order valence-corrected chi connectivity index (χ4v) is 4.31. The van der Waals surface area contributed by atoms with Gasteiger partial charge >= 0.3 is 0 Å². The number of rotatable bonds is 4. The van der Waals surface area contributed by atoms with Gasteiger partial charge in [0.05, 0.1) is 6.04 Å². The first-order valence-electron chi connectivity index (χ1n) is 7.15. The van der Waals surface area contributed by atoms with E-state index in [1.165, 1.54) is 24.3 Å². The Hall–Kier alpha value is -0.410. The zero-order chi connectivity index (χ0) is 13.2. The summed E-state index contributed by atoms with van der Waals surface area (Å²) in [5.41, 5.74) is 0.483. The molecule has 2 rings (SSSR count).